The number of alkyl halides is 3. The lowest BCUT2D eigenvalue weighted by Crippen LogP contribution is -2.05. The highest BCUT2D eigenvalue weighted by molar-refractivity contribution is 5.86. The molecular weight excluding hydrogens is 207 g/mol. The lowest BCUT2D eigenvalue weighted by molar-refractivity contribution is -0.138. The summed E-state index contributed by atoms with van der Waals surface area (Å²) in [6.45, 7) is 0. The first kappa shape index (κ1) is 9.76. The fourth-order valence-corrected chi connectivity index (χ4v) is 1.37. The monoisotopic (exact) mass is 213 g/mol. The second-order valence-corrected chi connectivity index (χ2v) is 3.03. The third kappa shape index (κ3) is 1.60. The molecule has 78 valence electrons. The Bertz CT molecular complexity index is 507. The molecule has 0 atom stereocenters. The van der Waals surface area contributed by atoms with Gasteiger partial charge < -0.3 is 5.11 Å². The maximum absolute atomic E-state index is 12.4. The van der Waals surface area contributed by atoms with E-state index in [9.17, 15) is 18.3 Å². The SMILES string of the molecule is Oc1c(C(F)(F)F)ccc2ncccc12. The Labute approximate surface area is 83.0 Å². The first-order valence-electron chi connectivity index (χ1n) is 4.14. The maximum Gasteiger partial charge on any atom is 0.419 e. The van der Waals surface area contributed by atoms with Crippen LogP contribution in [-0.2, 0) is 6.18 Å². The summed E-state index contributed by atoms with van der Waals surface area (Å²) in [5.41, 5.74) is -0.703. The molecule has 0 bridgehead atoms. The zero-order valence-electron chi connectivity index (χ0n) is 7.42. The van der Waals surface area contributed by atoms with Gasteiger partial charge in [-0.25, -0.2) is 0 Å². The smallest absolute Gasteiger partial charge is 0.419 e. The van der Waals surface area contributed by atoms with E-state index in [-0.39, 0.29) is 5.39 Å². The van der Waals surface area contributed by atoms with E-state index in [0.29, 0.717) is 5.52 Å². The number of halogens is 3. The molecule has 15 heavy (non-hydrogen) atoms. The number of hydrogen-bond donors (Lipinski definition) is 1. The Morgan fingerprint density at radius 1 is 1.13 bits per heavy atom. The molecule has 0 aliphatic carbocycles. The van der Waals surface area contributed by atoms with Gasteiger partial charge in [0.1, 0.15) is 5.75 Å². The number of rotatable bonds is 0. The van der Waals surface area contributed by atoms with Crippen molar-refractivity contribution in [3.05, 3.63) is 36.0 Å². The highest BCUT2D eigenvalue weighted by atomic mass is 19.4. The van der Waals surface area contributed by atoms with Crippen LogP contribution in [0.25, 0.3) is 10.9 Å². The summed E-state index contributed by atoms with van der Waals surface area (Å²) in [6.07, 6.45) is -3.09. The molecular formula is C10H6F3NO. The predicted octanol–water partition coefficient (Wildman–Crippen LogP) is 2.96. The number of phenols is 1. The van der Waals surface area contributed by atoms with Crippen LogP contribution in [0.4, 0.5) is 13.2 Å². The number of phenolic OH excluding ortho intramolecular Hbond substituents is 1. The number of hydrogen-bond acceptors (Lipinski definition) is 2. The van der Waals surface area contributed by atoms with E-state index >= 15 is 0 Å². The van der Waals surface area contributed by atoms with Gasteiger partial charge in [-0.2, -0.15) is 13.2 Å². The number of fused-ring (bicyclic) bond motifs is 1. The molecule has 5 heteroatoms. The van der Waals surface area contributed by atoms with Crippen LogP contribution in [0.2, 0.25) is 0 Å². The van der Waals surface area contributed by atoms with Gasteiger partial charge in [0.05, 0.1) is 11.1 Å². The summed E-state index contributed by atoms with van der Waals surface area (Å²) in [4.78, 5) is 3.84. The highest BCUT2D eigenvalue weighted by Gasteiger charge is 2.34. The van der Waals surface area contributed by atoms with Crippen molar-refractivity contribution in [2.24, 2.45) is 0 Å². The predicted molar refractivity (Wildman–Crippen MR) is 48.4 cm³/mol. The van der Waals surface area contributed by atoms with Crippen LogP contribution in [0.1, 0.15) is 5.56 Å². The average Bonchev–Trinajstić information content (AvgIpc) is 2.16. The number of nitrogens with zero attached hydrogens (tertiary/aromatic N) is 1. The van der Waals surface area contributed by atoms with Gasteiger partial charge in [0.2, 0.25) is 0 Å². The zero-order valence-corrected chi connectivity index (χ0v) is 7.42. The highest BCUT2D eigenvalue weighted by Crippen LogP contribution is 2.38. The van der Waals surface area contributed by atoms with Crippen LogP contribution in [0.3, 0.4) is 0 Å². The number of aromatic nitrogens is 1. The van der Waals surface area contributed by atoms with Crippen molar-refractivity contribution in [3.8, 4) is 5.75 Å². The molecule has 0 amide bonds. The topological polar surface area (TPSA) is 33.1 Å². The number of aromatic hydroxyl groups is 1. The molecule has 1 aromatic heterocycles. The molecule has 2 rings (SSSR count). The lowest BCUT2D eigenvalue weighted by atomic mass is 10.1. The van der Waals surface area contributed by atoms with E-state index in [1.807, 2.05) is 0 Å². The van der Waals surface area contributed by atoms with Gasteiger partial charge in [-0.05, 0) is 24.3 Å². The largest absolute Gasteiger partial charge is 0.507 e. The normalized spacial score (nSPS) is 11.9. The third-order valence-electron chi connectivity index (χ3n) is 2.06. The van der Waals surface area contributed by atoms with Crippen molar-refractivity contribution in [3.63, 3.8) is 0 Å². The van der Waals surface area contributed by atoms with Gasteiger partial charge in [0.15, 0.2) is 0 Å². The van der Waals surface area contributed by atoms with Gasteiger partial charge >= 0.3 is 6.18 Å². The van der Waals surface area contributed by atoms with Gasteiger partial charge in [-0.15, -0.1) is 0 Å². The van der Waals surface area contributed by atoms with E-state index in [1.54, 1.807) is 0 Å². The minimum absolute atomic E-state index is 0.104. The Balaban J connectivity index is 2.76. The molecule has 2 aromatic rings. The Morgan fingerprint density at radius 2 is 1.87 bits per heavy atom. The lowest BCUT2D eigenvalue weighted by Gasteiger charge is -2.10. The molecule has 0 saturated carbocycles. The van der Waals surface area contributed by atoms with Gasteiger partial charge in [-0.3, -0.25) is 4.98 Å². The second-order valence-electron chi connectivity index (χ2n) is 3.03. The molecule has 2 nitrogen and oxygen atoms in total. The summed E-state index contributed by atoms with van der Waals surface area (Å²) >= 11 is 0. The molecule has 0 spiro atoms. The first-order valence-corrected chi connectivity index (χ1v) is 4.14. The molecule has 1 heterocycles. The summed E-state index contributed by atoms with van der Waals surface area (Å²) in [6, 6.07) is 4.93. The van der Waals surface area contributed by atoms with Crippen LogP contribution in [0, 0.1) is 0 Å². The average molecular weight is 213 g/mol. The summed E-state index contributed by atoms with van der Waals surface area (Å²) in [5, 5.41) is 9.53. The molecule has 0 fully saturated rings. The summed E-state index contributed by atoms with van der Waals surface area (Å²) < 4.78 is 37.2. The van der Waals surface area contributed by atoms with E-state index in [2.05, 4.69) is 4.98 Å². The van der Waals surface area contributed by atoms with Crippen LogP contribution >= 0.6 is 0 Å². The van der Waals surface area contributed by atoms with Crippen molar-refractivity contribution in [2.45, 2.75) is 6.18 Å². The molecule has 0 radical (unpaired) electrons. The van der Waals surface area contributed by atoms with Crippen LogP contribution in [0.5, 0.6) is 5.75 Å². The molecule has 1 aromatic carbocycles. The van der Waals surface area contributed by atoms with Crippen molar-refractivity contribution in [2.75, 3.05) is 0 Å². The van der Waals surface area contributed by atoms with Crippen LogP contribution in [0.15, 0.2) is 30.5 Å². The van der Waals surface area contributed by atoms with Gasteiger partial charge in [0, 0.05) is 11.6 Å². The Kier molecular flexibility index (Phi) is 2.03. The fourth-order valence-electron chi connectivity index (χ4n) is 1.37. The van der Waals surface area contributed by atoms with E-state index in [0.717, 1.165) is 6.07 Å². The molecule has 0 saturated heterocycles. The zero-order chi connectivity index (χ0) is 11.1. The summed E-state index contributed by atoms with van der Waals surface area (Å²) in [5.74, 6) is -0.770. The van der Waals surface area contributed by atoms with Gasteiger partial charge in [0.25, 0.3) is 0 Å². The van der Waals surface area contributed by atoms with E-state index in [1.165, 1.54) is 24.4 Å². The van der Waals surface area contributed by atoms with E-state index < -0.39 is 17.5 Å². The van der Waals surface area contributed by atoms with Crippen molar-refractivity contribution in [1.82, 2.24) is 4.98 Å². The van der Waals surface area contributed by atoms with Crippen molar-refractivity contribution < 1.29 is 18.3 Å². The van der Waals surface area contributed by atoms with Crippen LogP contribution < -0.4 is 0 Å². The number of pyridine rings is 1. The molecule has 0 unspecified atom stereocenters. The Hall–Kier alpha value is -1.78. The standard InChI is InChI=1S/C10H6F3NO/c11-10(12,13)7-3-4-8-6(9(7)15)2-1-5-14-8/h1-5,15H. The molecule has 1 N–H and O–H groups in total. The molecule has 0 aliphatic heterocycles. The first-order chi connectivity index (χ1) is 7.00. The molecule has 0 aliphatic rings. The minimum Gasteiger partial charge on any atom is -0.507 e. The Morgan fingerprint density at radius 3 is 2.53 bits per heavy atom. The fraction of sp³-hybridized carbons (Fsp3) is 0.100. The quantitative estimate of drug-likeness (QED) is 0.729. The van der Waals surface area contributed by atoms with Crippen LogP contribution in [-0.4, -0.2) is 10.1 Å². The van der Waals surface area contributed by atoms with Gasteiger partial charge in [-0.1, -0.05) is 0 Å². The second kappa shape index (κ2) is 3.12. The van der Waals surface area contributed by atoms with Crippen molar-refractivity contribution >= 4 is 10.9 Å². The number of benzene rings is 1. The minimum atomic E-state index is -4.55. The maximum atomic E-state index is 12.4. The summed E-state index contributed by atoms with van der Waals surface area (Å²) in [7, 11) is 0. The van der Waals surface area contributed by atoms with Crippen molar-refractivity contribution in [1.29, 1.82) is 0 Å². The van der Waals surface area contributed by atoms with E-state index in [4.69, 9.17) is 0 Å². The third-order valence-corrected chi connectivity index (χ3v) is 2.06.